The molecule has 9 nitrogen and oxygen atoms in total. The number of thiophene rings is 1. The lowest BCUT2D eigenvalue weighted by Gasteiger charge is -2.25. The van der Waals surface area contributed by atoms with Crippen molar-refractivity contribution in [2.24, 2.45) is 0 Å². The Labute approximate surface area is 236 Å². The Morgan fingerprint density at radius 2 is 1.74 bits per heavy atom. The van der Waals surface area contributed by atoms with Gasteiger partial charge in [-0.2, -0.15) is 0 Å². The van der Waals surface area contributed by atoms with E-state index in [1.54, 1.807) is 37.0 Å². The zero-order valence-corrected chi connectivity index (χ0v) is 24.4. The number of hydrogen-bond donors (Lipinski definition) is 2. The van der Waals surface area contributed by atoms with E-state index in [-0.39, 0.29) is 13.2 Å². The second-order valence-corrected chi connectivity index (χ2v) is 11.3. The Kier molecular flexibility index (Phi) is 14.2. The van der Waals surface area contributed by atoms with Crippen LogP contribution >= 0.6 is 11.3 Å². The lowest BCUT2D eigenvalue weighted by Crippen LogP contribution is -2.43. The zero-order chi connectivity index (χ0) is 28.5. The summed E-state index contributed by atoms with van der Waals surface area (Å²) in [5.74, 6) is 0. The highest BCUT2D eigenvalue weighted by atomic mass is 32.1. The molecule has 1 atom stereocenters. The minimum Gasteiger partial charge on any atom is -0.447 e. The van der Waals surface area contributed by atoms with Crippen LogP contribution in [0, 0.1) is 0 Å². The second kappa shape index (κ2) is 17.3. The quantitative estimate of drug-likeness (QED) is 0.191. The third-order valence-electron chi connectivity index (χ3n) is 5.56. The standard InChI is InChI=1S/C29H43N3O6S/c1-5-6-18-32(20-25-16-12-19-39-25)28(35)37-22-24(31-27(34)38-29(2,3)4)15-10-11-17-30-26(33)36-21-23-13-8-7-9-14-23/h7-9,12-14,16,19,24H,5-6,10-11,15,17-18,20-22H2,1-4H3,(H,30,33)(H,31,34). The monoisotopic (exact) mass is 561 g/mol. The molecule has 0 fully saturated rings. The summed E-state index contributed by atoms with van der Waals surface area (Å²) in [6.45, 7) is 9.21. The van der Waals surface area contributed by atoms with Crippen molar-refractivity contribution < 1.29 is 28.6 Å². The van der Waals surface area contributed by atoms with Gasteiger partial charge in [0.25, 0.3) is 0 Å². The predicted octanol–water partition coefficient (Wildman–Crippen LogP) is 6.48. The van der Waals surface area contributed by atoms with Gasteiger partial charge in [-0.25, -0.2) is 14.4 Å². The van der Waals surface area contributed by atoms with Gasteiger partial charge in [-0.05, 0) is 63.5 Å². The molecule has 1 heterocycles. The van der Waals surface area contributed by atoms with Crippen molar-refractivity contribution in [2.45, 2.75) is 84.6 Å². The van der Waals surface area contributed by atoms with Gasteiger partial charge < -0.3 is 29.7 Å². The number of rotatable bonds is 15. The first-order valence-corrected chi connectivity index (χ1v) is 14.4. The molecule has 216 valence electrons. The average molecular weight is 562 g/mol. The summed E-state index contributed by atoms with van der Waals surface area (Å²) >= 11 is 1.60. The van der Waals surface area contributed by atoms with Crippen LogP contribution in [0.1, 0.15) is 70.2 Å². The second-order valence-electron chi connectivity index (χ2n) is 10.3. The minimum absolute atomic E-state index is 0.0255. The normalized spacial score (nSPS) is 11.8. The highest BCUT2D eigenvalue weighted by Crippen LogP contribution is 2.14. The number of amides is 3. The first-order chi connectivity index (χ1) is 18.7. The van der Waals surface area contributed by atoms with Crippen LogP contribution in [-0.2, 0) is 27.4 Å². The summed E-state index contributed by atoms with van der Waals surface area (Å²) in [5.41, 5.74) is 0.273. The molecule has 2 N–H and O–H groups in total. The van der Waals surface area contributed by atoms with Gasteiger partial charge in [0, 0.05) is 18.0 Å². The van der Waals surface area contributed by atoms with Crippen molar-refractivity contribution in [3.05, 3.63) is 58.3 Å². The molecule has 0 aliphatic heterocycles. The van der Waals surface area contributed by atoms with Crippen molar-refractivity contribution in [2.75, 3.05) is 19.7 Å². The highest BCUT2D eigenvalue weighted by molar-refractivity contribution is 7.09. The van der Waals surface area contributed by atoms with Gasteiger partial charge in [0.15, 0.2) is 0 Å². The third-order valence-corrected chi connectivity index (χ3v) is 6.42. The molecule has 3 amide bonds. The summed E-state index contributed by atoms with van der Waals surface area (Å²) in [6, 6.07) is 13.0. The van der Waals surface area contributed by atoms with Gasteiger partial charge >= 0.3 is 18.3 Å². The van der Waals surface area contributed by atoms with E-state index in [2.05, 4.69) is 17.6 Å². The van der Waals surface area contributed by atoms with E-state index in [4.69, 9.17) is 14.2 Å². The summed E-state index contributed by atoms with van der Waals surface area (Å²) in [4.78, 5) is 40.1. The number of unbranched alkanes of at least 4 members (excludes halogenated alkanes) is 2. The van der Waals surface area contributed by atoms with Crippen LogP contribution in [-0.4, -0.2) is 54.5 Å². The smallest absolute Gasteiger partial charge is 0.410 e. The first-order valence-electron chi connectivity index (χ1n) is 13.5. The SMILES string of the molecule is CCCCN(Cc1cccs1)C(=O)OCC(CCCCNC(=O)OCc1ccccc1)NC(=O)OC(C)(C)C. The number of ether oxygens (including phenoxy) is 3. The van der Waals surface area contributed by atoms with E-state index in [1.807, 2.05) is 47.8 Å². The van der Waals surface area contributed by atoms with Crippen LogP contribution in [0.15, 0.2) is 47.8 Å². The largest absolute Gasteiger partial charge is 0.447 e. The Morgan fingerprint density at radius 3 is 2.41 bits per heavy atom. The number of carbonyl (C=O) groups excluding carboxylic acids is 3. The Balaban J connectivity index is 1.82. The topological polar surface area (TPSA) is 106 Å². The predicted molar refractivity (Wildman–Crippen MR) is 153 cm³/mol. The molecule has 1 aromatic carbocycles. The molecule has 2 rings (SSSR count). The van der Waals surface area contributed by atoms with Gasteiger partial charge in [-0.1, -0.05) is 49.7 Å². The van der Waals surface area contributed by atoms with Crippen LogP contribution in [0.5, 0.6) is 0 Å². The van der Waals surface area contributed by atoms with Crippen molar-refractivity contribution in [1.82, 2.24) is 15.5 Å². The van der Waals surface area contributed by atoms with Crippen LogP contribution in [0.2, 0.25) is 0 Å². The number of hydrogen-bond acceptors (Lipinski definition) is 7. The zero-order valence-electron chi connectivity index (χ0n) is 23.6. The average Bonchev–Trinajstić information content (AvgIpc) is 3.40. The summed E-state index contributed by atoms with van der Waals surface area (Å²) in [5, 5.41) is 7.55. The van der Waals surface area contributed by atoms with E-state index in [9.17, 15) is 14.4 Å². The number of alkyl carbamates (subject to hydrolysis) is 2. The van der Waals surface area contributed by atoms with Crippen molar-refractivity contribution in [1.29, 1.82) is 0 Å². The Bertz CT molecular complexity index is 979. The fourth-order valence-electron chi connectivity index (χ4n) is 3.59. The van der Waals surface area contributed by atoms with E-state index < -0.39 is 29.9 Å². The van der Waals surface area contributed by atoms with Crippen LogP contribution in [0.4, 0.5) is 14.4 Å². The lowest BCUT2D eigenvalue weighted by molar-refractivity contribution is 0.0444. The van der Waals surface area contributed by atoms with Crippen LogP contribution in [0.25, 0.3) is 0 Å². The van der Waals surface area contributed by atoms with E-state index in [0.29, 0.717) is 38.9 Å². The minimum atomic E-state index is -0.646. The van der Waals surface area contributed by atoms with E-state index in [1.165, 1.54) is 0 Å². The van der Waals surface area contributed by atoms with Gasteiger partial charge in [0.05, 0.1) is 12.6 Å². The summed E-state index contributed by atoms with van der Waals surface area (Å²) in [6.07, 6.45) is 2.30. The van der Waals surface area contributed by atoms with Crippen molar-refractivity contribution in [3.8, 4) is 0 Å². The Hall–Kier alpha value is -3.27. The van der Waals surface area contributed by atoms with Gasteiger partial charge in [0.2, 0.25) is 0 Å². The molecule has 1 aromatic heterocycles. The number of nitrogens with zero attached hydrogens (tertiary/aromatic N) is 1. The summed E-state index contributed by atoms with van der Waals surface area (Å²) in [7, 11) is 0. The third kappa shape index (κ3) is 14.5. The van der Waals surface area contributed by atoms with Gasteiger partial charge in [0.1, 0.15) is 18.8 Å². The van der Waals surface area contributed by atoms with Crippen LogP contribution < -0.4 is 10.6 Å². The molecule has 0 spiro atoms. The van der Waals surface area contributed by atoms with E-state index in [0.717, 1.165) is 23.3 Å². The molecule has 1 unspecified atom stereocenters. The number of carbonyl (C=O) groups is 3. The molecule has 0 aliphatic carbocycles. The van der Waals surface area contributed by atoms with Crippen molar-refractivity contribution in [3.63, 3.8) is 0 Å². The van der Waals surface area contributed by atoms with Gasteiger partial charge in [-0.15, -0.1) is 11.3 Å². The fourth-order valence-corrected chi connectivity index (χ4v) is 4.31. The molecule has 0 saturated heterocycles. The highest BCUT2D eigenvalue weighted by Gasteiger charge is 2.22. The number of benzene rings is 1. The molecular weight excluding hydrogens is 518 g/mol. The Morgan fingerprint density at radius 1 is 0.974 bits per heavy atom. The maximum absolute atomic E-state index is 12.9. The maximum atomic E-state index is 12.9. The molecule has 0 radical (unpaired) electrons. The van der Waals surface area contributed by atoms with Gasteiger partial charge in [-0.3, -0.25) is 0 Å². The molecule has 0 aliphatic rings. The molecule has 0 bridgehead atoms. The number of nitrogens with one attached hydrogen (secondary N) is 2. The molecular formula is C29H43N3O6S. The summed E-state index contributed by atoms with van der Waals surface area (Å²) < 4.78 is 16.3. The maximum Gasteiger partial charge on any atom is 0.410 e. The molecule has 0 saturated carbocycles. The molecule has 2 aromatic rings. The first kappa shape index (κ1) is 31.9. The molecule has 39 heavy (non-hydrogen) atoms. The lowest BCUT2D eigenvalue weighted by atomic mass is 10.1. The van der Waals surface area contributed by atoms with Crippen molar-refractivity contribution >= 4 is 29.6 Å². The molecule has 10 heteroatoms. The fraction of sp³-hybridized carbons (Fsp3) is 0.552. The van der Waals surface area contributed by atoms with E-state index >= 15 is 0 Å². The van der Waals surface area contributed by atoms with Crippen LogP contribution in [0.3, 0.4) is 0 Å².